The standard InChI is InChI=1S/C9H8O5/c10-8(11)5-6-1-3-7(4-2-6)14-9(12)13/h1-4H,5H2,(H,10,11)(H,12,13). The van der Waals surface area contributed by atoms with Crippen LogP contribution in [-0.4, -0.2) is 22.3 Å². The van der Waals surface area contributed by atoms with E-state index in [9.17, 15) is 9.59 Å². The lowest BCUT2D eigenvalue weighted by atomic mass is 10.1. The molecule has 0 aliphatic carbocycles. The van der Waals surface area contributed by atoms with Gasteiger partial charge in [-0.1, -0.05) is 12.1 Å². The smallest absolute Gasteiger partial charge is 0.481 e. The van der Waals surface area contributed by atoms with Gasteiger partial charge >= 0.3 is 12.1 Å². The molecule has 0 saturated carbocycles. The predicted octanol–water partition coefficient (Wildman–Crippen LogP) is 1.37. The molecule has 0 aliphatic heterocycles. The lowest BCUT2D eigenvalue weighted by molar-refractivity contribution is -0.136. The van der Waals surface area contributed by atoms with Crippen LogP contribution in [0.1, 0.15) is 5.56 Å². The average molecular weight is 196 g/mol. The maximum Gasteiger partial charge on any atom is 0.511 e. The highest BCUT2D eigenvalue weighted by Gasteiger charge is 2.02. The molecule has 0 amide bonds. The fourth-order valence-corrected chi connectivity index (χ4v) is 0.951. The van der Waals surface area contributed by atoms with Crippen molar-refractivity contribution < 1.29 is 24.5 Å². The summed E-state index contributed by atoms with van der Waals surface area (Å²) in [5.74, 6) is -0.761. The van der Waals surface area contributed by atoms with Gasteiger partial charge in [0.25, 0.3) is 0 Å². The van der Waals surface area contributed by atoms with Gasteiger partial charge in [0, 0.05) is 0 Å². The second-order valence-electron chi connectivity index (χ2n) is 2.58. The Morgan fingerprint density at radius 3 is 2.14 bits per heavy atom. The quantitative estimate of drug-likeness (QED) is 0.563. The van der Waals surface area contributed by atoms with Gasteiger partial charge in [-0.2, -0.15) is 0 Å². The SMILES string of the molecule is O=C(O)Cc1ccc(OC(=O)O)cc1. The lowest BCUT2D eigenvalue weighted by Gasteiger charge is -2.00. The van der Waals surface area contributed by atoms with Crippen LogP contribution in [0.15, 0.2) is 24.3 Å². The molecule has 5 heteroatoms. The first-order chi connectivity index (χ1) is 6.58. The third kappa shape index (κ3) is 3.14. The number of carbonyl (C=O) groups is 2. The summed E-state index contributed by atoms with van der Waals surface area (Å²) in [6.07, 6.45) is -1.48. The van der Waals surface area contributed by atoms with Gasteiger partial charge in [-0.15, -0.1) is 0 Å². The fourth-order valence-electron chi connectivity index (χ4n) is 0.951. The highest BCUT2D eigenvalue weighted by atomic mass is 16.7. The van der Waals surface area contributed by atoms with Crippen LogP contribution in [0.5, 0.6) is 5.75 Å². The van der Waals surface area contributed by atoms with Crippen molar-refractivity contribution in [3.63, 3.8) is 0 Å². The number of ether oxygens (including phenoxy) is 1. The Labute approximate surface area is 79.6 Å². The Morgan fingerprint density at radius 1 is 1.14 bits per heavy atom. The summed E-state index contributed by atoms with van der Waals surface area (Å²) in [7, 11) is 0. The Kier molecular flexibility index (Phi) is 3.06. The Morgan fingerprint density at radius 2 is 1.71 bits per heavy atom. The number of rotatable bonds is 3. The van der Waals surface area contributed by atoms with Crippen molar-refractivity contribution in [1.82, 2.24) is 0 Å². The second-order valence-corrected chi connectivity index (χ2v) is 2.58. The molecule has 0 fully saturated rings. The normalized spacial score (nSPS) is 9.43. The van der Waals surface area contributed by atoms with E-state index < -0.39 is 12.1 Å². The molecule has 1 aromatic rings. The molecular formula is C9H8O5. The van der Waals surface area contributed by atoms with Gasteiger partial charge in [-0.3, -0.25) is 4.79 Å². The molecular weight excluding hydrogens is 188 g/mol. The number of hydrogen-bond donors (Lipinski definition) is 2. The van der Waals surface area contributed by atoms with Gasteiger partial charge in [-0.05, 0) is 17.7 Å². The minimum atomic E-state index is -1.39. The molecule has 2 N–H and O–H groups in total. The first-order valence-electron chi connectivity index (χ1n) is 3.79. The highest BCUT2D eigenvalue weighted by Crippen LogP contribution is 2.12. The molecule has 0 aliphatic rings. The van der Waals surface area contributed by atoms with Gasteiger partial charge in [0.1, 0.15) is 5.75 Å². The molecule has 74 valence electrons. The molecule has 0 atom stereocenters. The fraction of sp³-hybridized carbons (Fsp3) is 0.111. The van der Waals surface area contributed by atoms with Gasteiger partial charge in [0.05, 0.1) is 6.42 Å². The van der Waals surface area contributed by atoms with Gasteiger partial charge < -0.3 is 14.9 Å². The van der Waals surface area contributed by atoms with Crippen molar-refractivity contribution in [3.05, 3.63) is 29.8 Å². The van der Waals surface area contributed by atoms with Crippen molar-refractivity contribution >= 4 is 12.1 Å². The minimum Gasteiger partial charge on any atom is -0.481 e. The molecule has 14 heavy (non-hydrogen) atoms. The van der Waals surface area contributed by atoms with E-state index in [0.29, 0.717) is 5.56 Å². The van der Waals surface area contributed by atoms with Crippen molar-refractivity contribution in [2.45, 2.75) is 6.42 Å². The molecule has 0 spiro atoms. The minimum absolute atomic E-state index is 0.0899. The Bertz CT molecular complexity index is 306. The second kappa shape index (κ2) is 4.27. The molecule has 1 aromatic carbocycles. The van der Waals surface area contributed by atoms with Crippen molar-refractivity contribution in [1.29, 1.82) is 0 Å². The summed E-state index contributed by atoms with van der Waals surface area (Å²) in [4.78, 5) is 20.4. The van der Waals surface area contributed by atoms with E-state index in [1.54, 1.807) is 0 Å². The number of carboxylic acids is 1. The van der Waals surface area contributed by atoms with Crippen molar-refractivity contribution in [2.75, 3.05) is 0 Å². The zero-order valence-electron chi connectivity index (χ0n) is 7.14. The summed E-state index contributed by atoms with van der Waals surface area (Å²) < 4.78 is 4.34. The van der Waals surface area contributed by atoms with Crippen LogP contribution < -0.4 is 4.74 Å². The molecule has 5 nitrogen and oxygen atoms in total. The third-order valence-corrected chi connectivity index (χ3v) is 1.48. The number of benzene rings is 1. The zero-order chi connectivity index (χ0) is 10.6. The molecule has 0 bridgehead atoms. The van der Waals surface area contributed by atoms with E-state index in [4.69, 9.17) is 10.2 Å². The highest BCUT2D eigenvalue weighted by molar-refractivity contribution is 5.70. The summed E-state index contributed by atoms with van der Waals surface area (Å²) in [6.45, 7) is 0. The Hall–Kier alpha value is -2.04. The topological polar surface area (TPSA) is 83.8 Å². The Balaban J connectivity index is 2.68. The zero-order valence-corrected chi connectivity index (χ0v) is 7.14. The van der Waals surface area contributed by atoms with E-state index in [2.05, 4.69) is 4.74 Å². The maximum atomic E-state index is 10.3. The van der Waals surface area contributed by atoms with Crippen LogP contribution in [0.25, 0.3) is 0 Å². The van der Waals surface area contributed by atoms with E-state index in [0.717, 1.165) is 0 Å². The maximum absolute atomic E-state index is 10.3. The largest absolute Gasteiger partial charge is 0.511 e. The molecule has 0 radical (unpaired) electrons. The number of hydrogen-bond acceptors (Lipinski definition) is 3. The summed E-state index contributed by atoms with van der Waals surface area (Å²) in [6, 6.07) is 5.83. The average Bonchev–Trinajstić information content (AvgIpc) is 2.06. The van der Waals surface area contributed by atoms with Crippen LogP contribution in [-0.2, 0) is 11.2 Å². The van der Waals surface area contributed by atoms with Crippen molar-refractivity contribution in [3.8, 4) is 5.75 Å². The first-order valence-corrected chi connectivity index (χ1v) is 3.79. The van der Waals surface area contributed by atoms with Crippen LogP contribution in [0.4, 0.5) is 4.79 Å². The first kappa shape index (κ1) is 10.0. The van der Waals surface area contributed by atoms with Crippen LogP contribution >= 0.6 is 0 Å². The lowest BCUT2D eigenvalue weighted by Crippen LogP contribution is -2.03. The van der Waals surface area contributed by atoms with Crippen LogP contribution in [0, 0.1) is 0 Å². The summed E-state index contributed by atoms with van der Waals surface area (Å²) in [5.41, 5.74) is 0.593. The molecule has 0 aromatic heterocycles. The van der Waals surface area contributed by atoms with E-state index in [1.807, 2.05) is 0 Å². The molecule has 1 rings (SSSR count). The van der Waals surface area contributed by atoms with Crippen LogP contribution in [0.3, 0.4) is 0 Å². The van der Waals surface area contributed by atoms with Crippen molar-refractivity contribution in [2.24, 2.45) is 0 Å². The summed E-state index contributed by atoms with van der Waals surface area (Å²) >= 11 is 0. The van der Waals surface area contributed by atoms with E-state index in [1.165, 1.54) is 24.3 Å². The third-order valence-electron chi connectivity index (χ3n) is 1.48. The summed E-state index contributed by atoms with van der Waals surface area (Å²) in [5, 5.41) is 16.7. The van der Waals surface area contributed by atoms with E-state index in [-0.39, 0.29) is 12.2 Å². The number of aliphatic carboxylic acids is 1. The molecule has 0 heterocycles. The number of carboxylic acid groups (broad SMARTS) is 2. The van der Waals surface area contributed by atoms with Crippen LogP contribution in [0.2, 0.25) is 0 Å². The van der Waals surface area contributed by atoms with Gasteiger partial charge in [0.2, 0.25) is 0 Å². The van der Waals surface area contributed by atoms with E-state index >= 15 is 0 Å². The molecule has 0 unspecified atom stereocenters. The monoisotopic (exact) mass is 196 g/mol. The van der Waals surface area contributed by atoms with Gasteiger partial charge in [-0.25, -0.2) is 4.79 Å². The van der Waals surface area contributed by atoms with Gasteiger partial charge in [0.15, 0.2) is 0 Å². The molecule has 0 saturated heterocycles. The predicted molar refractivity (Wildman–Crippen MR) is 46.4 cm³/mol.